The molecule has 0 spiro atoms. The Morgan fingerprint density at radius 2 is 2.04 bits per heavy atom. The third kappa shape index (κ3) is 5.02. The second-order valence-corrected chi connectivity index (χ2v) is 4.90. The zero-order valence-electron chi connectivity index (χ0n) is 12.7. The van der Waals surface area contributed by atoms with Gasteiger partial charge in [-0.3, -0.25) is 9.78 Å². The van der Waals surface area contributed by atoms with Gasteiger partial charge in [0.15, 0.2) is 0 Å². The normalized spacial score (nSPS) is 10.2. The van der Waals surface area contributed by atoms with E-state index in [1.54, 1.807) is 18.5 Å². The second-order valence-electron chi connectivity index (χ2n) is 4.90. The molecule has 7 heteroatoms. The number of hydrogen-bond acceptors (Lipinski definition) is 4. The van der Waals surface area contributed by atoms with Crippen molar-refractivity contribution >= 4 is 5.91 Å². The number of benzene rings is 1. The maximum atomic E-state index is 12.6. The number of amides is 1. The van der Waals surface area contributed by atoms with Gasteiger partial charge in [0.2, 0.25) is 0 Å². The molecule has 0 aliphatic heterocycles. The summed E-state index contributed by atoms with van der Waals surface area (Å²) in [5.74, 6) is -0.310. The van der Waals surface area contributed by atoms with Crippen molar-refractivity contribution in [2.45, 2.75) is 19.6 Å². The summed E-state index contributed by atoms with van der Waals surface area (Å²) < 4.78 is 28.6. The van der Waals surface area contributed by atoms with Crippen LogP contribution in [0.15, 0.2) is 48.8 Å². The summed E-state index contributed by atoms with van der Waals surface area (Å²) in [5.41, 5.74) is 1.17. The van der Waals surface area contributed by atoms with Crippen LogP contribution in [0.5, 0.6) is 5.75 Å². The SMILES string of the molecule is N#CCCN(Cc1cccnc1)C(=O)c1ccc(OC(F)F)cc1. The lowest BCUT2D eigenvalue weighted by molar-refractivity contribution is -0.0498. The van der Waals surface area contributed by atoms with Crippen LogP contribution < -0.4 is 4.74 Å². The molecule has 1 heterocycles. The predicted molar refractivity (Wildman–Crippen MR) is 82.3 cm³/mol. The molecular weight excluding hydrogens is 316 g/mol. The second kappa shape index (κ2) is 8.58. The number of halogens is 2. The van der Waals surface area contributed by atoms with Crippen LogP contribution in [-0.4, -0.2) is 28.9 Å². The number of carbonyl (C=O) groups excluding carboxylic acids is 1. The van der Waals surface area contributed by atoms with E-state index < -0.39 is 6.61 Å². The third-order valence-corrected chi connectivity index (χ3v) is 3.20. The van der Waals surface area contributed by atoms with Crippen LogP contribution in [0.25, 0.3) is 0 Å². The van der Waals surface area contributed by atoms with Gasteiger partial charge < -0.3 is 9.64 Å². The quantitative estimate of drug-likeness (QED) is 0.781. The molecule has 0 N–H and O–H groups in total. The minimum absolute atomic E-state index is 0.0163. The molecule has 124 valence electrons. The van der Waals surface area contributed by atoms with Crippen molar-refractivity contribution < 1.29 is 18.3 Å². The molecule has 1 aromatic heterocycles. The molecule has 0 atom stereocenters. The number of carbonyl (C=O) groups is 1. The van der Waals surface area contributed by atoms with E-state index in [2.05, 4.69) is 9.72 Å². The van der Waals surface area contributed by atoms with Gasteiger partial charge in [0.05, 0.1) is 12.5 Å². The van der Waals surface area contributed by atoms with Crippen molar-refractivity contribution in [1.82, 2.24) is 9.88 Å². The lowest BCUT2D eigenvalue weighted by atomic mass is 10.1. The summed E-state index contributed by atoms with van der Waals surface area (Å²) in [7, 11) is 0. The fraction of sp³-hybridized carbons (Fsp3) is 0.235. The number of hydrogen-bond donors (Lipinski definition) is 0. The first kappa shape index (κ1) is 17.3. The van der Waals surface area contributed by atoms with Crippen molar-refractivity contribution in [3.05, 3.63) is 59.9 Å². The molecule has 0 radical (unpaired) electrons. The first-order valence-electron chi connectivity index (χ1n) is 7.20. The van der Waals surface area contributed by atoms with Gasteiger partial charge in [-0.15, -0.1) is 0 Å². The maximum Gasteiger partial charge on any atom is 0.387 e. The van der Waals surface area contributed by atoms with E-state index in [1.165, 1.54) is 29.2 Å². The van der Waals surface area contributed by atoms with Gasteiger partial charge in [-0.2, -0.15) is 14.0 Å². The zero-order valence-corrected chi connectivity index (χ0v) is 12.7. The number of nitrogens with zero attached hydrogens (tertiary/aromatic N) is 3. The smallest absolute Gasteiger partial charge is 0.387 e. The van der Waals surface area contributed by atoms with Crippen LogP contribution in [0.4, 0.5) is 8.78 Å². The highest BCUT2D eigenvalue weighted by atomic mass is 19.3. The molecule has 2 aromatic rings. The van der Waals surface area contributed by atoms with E-state index >= 15 is 0 Å². The zero-order chi connectivity index (χ0) is 17.4. The highest BCUT2D eigenvalue weighted by molar-refractivity contribution is 5.94. The molecule has 0 unspecified atom stereocenters. The molecule has 24 heavy (non-hydrogen) atoms. The lowest BCUT2D eigenvalue weighted by Gasteiger charge is -2.21. The molecule has 0 aliphatic carbocycles. The van der Waals surface area contributed by atoms with Crippen molar-refractivity contribution in [3.8, 4) is 11.8 Å². The first-order valence-corrected chi connectivity index (χ1v) is 7.20. The van der Waals surface area contributed by atoms with Crippen LogP contribution in [-0.2, 0) is 6.54 Å². The molecule has 0 saturated heterocycles. The van der Waals surface area contributed by atoms with E-state index in [4.69, 9.17) is 5.26 Å². The number of alkyl halides is 2. The fourth-order valence-electron chi connectivity index (χ4n) is 2.11. The Kier molecular flexibility index (Phi) is 6.20. The Hall–Kier alpha value is -3.01. The lowest BCUT2D eigenvalue weighted by Crippen LogP contribution is -2.31. The van der Waals surface area contributed by atoms with E-state index in [-0.39, 0.29) is 24.6 Å². The Balaban J connectivity index is 2.13. The average Bonchev–Trinajstić information content (AvgIpc) is 2.59. The monoisotopic (exact) mass is 331 g/mol. The molecular formula is C17H15F2N3O2. The van der Waals surface area contributed by atoms with Gasteiger partial charge in [-0.1, -0.05) is 6.07 Å². The number of rotatable bonds is 7. The van der Waals surface area contributed by atoms with Gasteiger partial charge in [0.1, 0.15) is 5.75 Å². The molecule has 0 bridgehead atoms. The standard InChI is InChI=1S/C17H15F2N3O2/c18-17(19)24-15-6-4-14(5-7-15)16(23)22(10-2-8-20)12-13-3-1-9-21-11-13/h1,3-7,9,11,17H,2,10,12H2. The minimum atomic E-state index is -2.91. The van der Waals surface area contributed by atoms with E-state index in [9.17, 15) is 13.6 Å². The van der Waals surface area contributed by atoms with Crippen molar-refractivity contribution in [1.29, 1.82) is 5.26 Å². The Morgan fingerprint density at radius 1 is 1.29 bits per heavy atom. The van der Waals surface area contributed by atoms with E-state index in [0.717, 1.165) is 5.56 Å². The summed E-state index contributed by atoms with van der Waals surface area (Å²) in [5, 5.41) is 8.77. The summed E-state index contributed by atoms with van der Waals surface area (Å²) >= 11 is 0. The van der Waals surface area contributed by atoms with Gasteiger partial charge in [-0.25, -0.2) is 0 Å². The fourth-order valence-corrected chi connectivity index (χ4v) is 2.11. The predicted octanol–water partition coefficient (Wildman–Crippen LogP) is 3.24. The van der Waals surface area contributed by atoms with Crippen LogP contribution in [0.2, 0.25) is 0 Å². The number of aromatic nitrogens is 1. The van der Waals surface area contributed by atoms with E-state index in [0.29, 0.717) is 12.1 Å². The largest absolute Gasteiger partial charge is 0.435 e. The summed E-state index contributed by atoms with van der Waals surface area (Å²) in [6, 6.07) is 11.1. The first-order chi connectivity index (χ1) is 11.6. The highest BCUT2D eigenvalue weighted by Crippen LogP contribution is 2.17. The van der Waals surface area contributed by atoms with Crippen molar-refractivity contribution in [3.63, 3.8) is 0 Å². The van der Waals surface area contributed by atoms with Crippen molar-refractivity contribution in [2.75, 3.05) is 6.54 Å². The molecule has 0 fully saturated rings. The summed E-state index contributed by atoms with van der Waals surface area (Å²) in [4.78, 5) is 18.1. The minimum Gasteiger partial charge on any atom is -0.435 e. The molecule has 0 saturated carbocycles. The summed E-state index contributed by atoms with van der Waals surface area (Å²) in [6.45, 7) is -2.34. The van der Waals surface area contributed by atoms with Crippen LogP contribution >= 0.6 is 0 Å². The third-order valence-electron chi connectivity index (χ3n) is 3.20. The van der Waals surface area contributed by atoms with Crippen LogP contribution in [0.1, 0.15) is 22.3 Å². The van der Waals surface area contributed by atoms with Crippen LogP contribution in [0.3, 0.4) is 0 Å². The van der Waals surface area contributed by atoms with Gasteiger partial charge in [0.25, 0.3) is 5.91 Å². The number of nitriles is 1. The number of pyridine rings is 1. The van der Waals surface area contributed by atoms with Crippen molar-refractivity contribution in [2.24, 2.45) is 0 Å². The molecule has 1 amide bonds. The highest BCUT2D eigenvalue weighted by Gasteiger charge is 2.16. The van der Waals surface area contributed by atoms with Crippen LogP contribution in [0, 0.1) is 11.3 Å². The Morgan fingerprint density at radius 3 is 2.62 bits per heavy atom. The molecule has 0 aliphatic rings. The van der Waals surface area contributed by atoms with E-state index in [1.807, 2.05) is 12.1 Å². The molecule has 5 nitrogen and oxygen atoms in total. The summed E-state index contributed by atoms with van der Waals surface area (Å²) in [6.07, 6.45) is 3.47. The molecule has 1 aromatic carbocycles. The van der Waals surface area contributed by atoms with Gasteiger partial charge in [0, 0.05) is 31.0 Å². The number of ether oxygens (including phenoxy) is 1. The average molecular weight is 331 g/mol. The Labute approximate surface area is 138 Å². The van der Waals surface area contributed by atoms with Gasteiger partial charge in [-0.05, 0) is 35.9 Å². The van der Waals surface area contributed by atoms with Gasteiger partial charge >= 0.3 is 6.61 Å². The molecule has 2 rings (SSSR count). The topological polar surface area (TPSA) is 66.2 Å². The Bertz CT molecular complexity index is 700. The maximum absolute atomic E-state index is 12.6.